The van der Waals surface area contributed by atoms with Crippen molar-refractivity contribution in [3.05, 3.63) is 0 Å². The number of nitrogens with zero attached hydrogens (tertiary/aromatic N) is 1. The Bertz CT molecular complexity index is 677. The van der Waals surface area contributed by atoms with Gasteiger partial charge in [-0.3, -0.25) is 0 Å². The lowest BCUT2D eigenvalue weighted by molar-refractivity contribution is -0.139. The van der Waals surface area contributed by atoms with Gasteiger partial charge in [0.2, 0.25) is 0 Å². The van der Waals surface area contributed by atoms with Gasteiger partial charge in [0.05, 0.1) is 17.9 Å². The van der Waals surface area contributed by atoms with Crippen LogP contribution in [0.15, 0.2) is 5.16 Å². The van der Waals surface area contributed by atoms with E-state index >= 15 is 0 Å². The van der Waals surface area contributed by atoms with Crippen LogP contribution in [0.5, 0.6) is 0 Å². The minimum absolute atomic E-state index is 0.0641. The van der Waals surface area contributed by atoms with Gasteiger partial charge in [-0.1, -0.05) is 59.0 Å². The van der Waals surface area contributed by atoms with Gasteiger partial charge in [-0.15, -0.1) is 0 Å². The van der Waals surface area contributed by atoms with Gasteiger partial charge in [-0.2, -0.15) is 0 Å². The molecule has 4 aliphatic carbocycles. The predicted molar refractivity (Wildman–Crippen MR) is 125 cm³/mol. The molecule has 0 radical (unpaired) electrons. The van der Waals surface area contributed by atoms with Gasteiger partial charge >= 0.3 is 0 Å². The number of oxime groups is 1. The highest BCUT2D eigenvalue weighted by atomic mass is 16.4. The Morgan fingerprint density at radius 3 is 2.29 bits per heavy atom. The monoisotopic (exact) mass is 433 g/mol. The van der Waals surface area contributed by atoms with Crippen LogP contribution < -0.4 is 0 Å². The van der Waals surface area contributed by atoms with Crippen molar-refractivity contribution in [2.75, 3.05) is 0 Å². The molecule has 0 aromatic rings. The lowest BCUT2D eigenvalue weighted by atomic mass is 9.43. The van der Waals surface area contributed by atoms with Crippen LogP contribution in [0.1, 0.15) is 98.8 Å². The van der Waals surface area contributed by atoms with Crippen molar-refractivity contribution >= 4 is 5.71 Å². The Balaban J connectivity index is 1.55. The highest BCUT2D eigenvalue weighted by molar-refractivity contribution is 5.89. The zero-order valence-corrected chi connectivity index (χ0v) is 20.6. The zero-order valence-electron chi connectivity index (χ0n) is 20.6. The molecule has 3 N–H and O–H groups in total. The van der Waals surface area contributed by atoms with Crippen molar-refractivity contribution in [2.24, 2.45) is 57.4 Å². The first-order valence-corrected chi connectivity index (χ1v) is 13.2. The summed E-state index contributed by atoms with van der Waals surface area (Å²) in [5.41, 5.74) is 1.09. The summed E-state index contributed by atoms with van der Waals surface area (Å²) < 4.78 is 0. The van der Waals surface area contributed by atoms with Crippen LogP contribution in [-0.4, -0.2) is 33.3 Å². The van der Waals surface area contributed by atoms with Gasteiger partial charge in [0, 0.05) is 5.92 Å². The van der Waals surface area contributed by atoms with Gasteiger partial charge in [0.25, 0.3) is 0 Å². The molecule has 0 amide bonds. The maximum atomic E-state index is 10.9. The molecule has 31 heavy (non-hydrogen) atoms. The molecule has 0 saturated heterocycles. The lowest BCUT2D eigenvalue weighted by Gasteiger charge is -2.61. The van der Waals surface area contributed by atoms with E-state index in [2.05, 4.69) is 39.8 Å². The summed E-state index contributed by atoms with van der Waals surface area (Å²) in [5.74, 6) is 4.02. The van der Waals surface area contributed by atoms with Crippen LogP contribution >= 0.6 is 0 Å². The second-order valence-corrected chi connectivity index (χ2v) is 12.8. The standard InChI is InChI=1S/C27H47NO3/c1-16(2)7-6-8-17(3)19-9-10-20-18-15-22(28-31)24-25(30)23(29)12-14-27(24,5)21(18)11-13-26(19,20)4/h16-21,23-25,29-31H,6-15H2,1-5H3/b28-22+/t17-,18+,19-,20+,21+,23+,24-,25+,26-,27-/m1/s1. The van der Waals surface area contributed by atoms with Crippen LogP contribution in [0.4, 0.5) is 0 Å². The number of hydrogen-bond acceptors (Lipinski definition) is 4. The van der Waals surface area contributed by atoms with Crippen LogP contribution in [0.25, 0.3) is 0 Å². The Hall–Kier alpha value is -0.610. The van der Waals surface area contributed by atoms with Crippen LogP contribution in [-0.2, 0) is 0 Å². The summed E-state index contributed by atoms with van der Waals surface area (Å²) in [6.45, 7) is 12.1. The molecule has 4 aliphatic rings. The second-order valence-electron chi connectivity index (χ2n) is 12.8. The minimum Gasteiger partial charge on any atom is -0.411 e. The molecule has 4 heteroatoms. The second kappa shape index (κ2) is 8.63. The molecule has 4 nitrogen and oxygen atoms in total. The number of fused-ring (bicyclic) bond motifs is 5. The van der Waals surface area contributed by atoms with Crippen LogP contribution in [0.2, 0.25) is 0 Å². The summed E-state index contributed by atoms with van der Waals surface area (Å²) in [6, 6.07) is 0. The van der Waals surface area contributed by atoms with E-state index in [1.807, 2.05) is 0 Å². The molecule has 0 aromatic carbocycles. The summed E-state index contributed by atoms with van der Waals surface area (Å²) in [6.07, 6.45) is 10.1. The van der Waals surface area contributed by atoms with Crippen molar-refractivity contribution in [2.45, 2.75) is 111 Å². The topological polar surface area (TPSA) is 73.1 Å². The van der Waals surface area contributed by atoms with E-state index in [0.717, 1.165) is 36.3 Å². The van der Waals surface area contributed by atoms with E-state index in [0.29, 0.717) is 29.6 Å². The molecular formula is C27H47NO3. The van der Waals surface area contributed by atoms with E-state index in [1.165, 1.54) is 44.9 Å². The van der Waals surface area contributed by atoms with Crippen LogP contribution in [0, 0.1) is 52.3 Å². The summed E-state index contributed by atoms with van der Waals surface area (Å²) in [4.78, 5) is 0. The Morgan fingerprint density at radius 1 is 0.935 bits per heavy atom. The minimum atomic E-state index is -0.795. The average molecular weight is 434 g/mol. The molecule has 0 bridgehead atoms. The lowest BCUT2D eigenvalue weighted by Crippen LogP contribution is -2.61. The molecule has 0 heterocycles. The molecule has 0 unspecified atom stereocenters. The average Bonchev–Trinajstić information content (AvgIpc) is 3.07. The quantitative estimate of drug-likeness (QED) is 0.374. The highest BCUT2D eigenvalue weighted by Crippen LogP contribution is 2.68. The first-order chi connectivity index (χ1) is 14.6. The molecule has 0 spiro atoms. The van der Waals surface area contributed by atoms with E-state index < -0.39 is 12.2 Å². The maximum absolute atomic E-state index is 10.9. The highest BCUT2D eigenvalue weighted by Gasteiger charge is 2.63. The first kappa shape index (κ1) is 23.5. The summed E-state index contributed by atoms with van der Waals surface area (Å²) in [5, 5.41) is 34.9. The van der Waals surface area contributed by atoms with Crippen molar-refractivity contribution < 1.29 is 15.4 Å². The smallest absolute Gasteiger partial charge is 0.0885 e. The first-order valence-electron chi connectivity index (χ1n) is 13.2. The van der Waals surface area contributed by atoms with Gasteiger partial charge < -0.3 is 15.4 Å². The molecule has 4 saturated carbocycles. The van der Waals surface area contributed by atoms with E-state index in [9.17, 15) is 15.4 Å². The molecule has 178 valence electrons. The largest absolute Gasteiger partial charge is 0.411 e. The molecular weight excluding hydrogens is 386 g/mol. The normalized spacial score (nSPS) is 49.5. The third kappa shape index (κ3) is 3.78. The van der Waals surface area contributed by atoms with Crippen molar-refractivity contribution in [1.82, 2.24) is 0 Å². The van der Waals surface area contributed by atoms with Gasteiger partial charge in [-0.05, 0) is 91.3 Å². The maximum Gasteiger partial charge on any atom is 0.0885 e. The van der Waals surface area contributed by atoms with E-state index in [-0.39, 0.29) is 11.3 Å². The molecule has 0 aromatic heterocycles. The van der Waals surface area contributed by atoms with Gasteiger partial charge in [0.1, 0.15) is 0 Å². The fourth-order valence-electron chi connectivity index (χ4n) is 9.28. The SMILES string of the molecule is CC(C)CCC[C@@H](C)[C@H]1CC[C@H]2[C@@H]3C/C(=N\O)[C@@H]4[C@@H](O)[C@@H](O)CC[C@]4(C)[C@H]3CC[C@]12C. The van der Waals surface area contributed by atoms with Crippen LogP contribution in [0.3, 0.4) is 0 Å². The zero-order chi connectivity index (χ0) is 22.6. The Kier molecular flexibility index (Phi) is 6.55. The summed E-state index contributed by atoms with van der Waals surface area (Å²) >= 11 is 0. The fraction of sp³-hybridized carbons (Fsp3) is 0.963. The third-order valence-corrected chi connectivity index (χ3v) is 10.8. The Morgan fingerprint density at radius 2 is 1.61 bits per heavy atom. The molecule has 4 fully saturated rings. The predicted octanol–water partition coefficient (Wildman–Crippen LogP) is 5.88. The molecule has 10 atom stereocenters. The van der Waals surface area contributed by atoms with Crippen molar-refractivity contribution in [3.8, 4) is 0 Å². The number of hydrogen-bond donors (Lipinski definition) is 3. The number of aliphatic hydroxyl groups is 2. The van der Waals surface area contributed by atoms with Crippen molar-refractivity contribution in [3.63, 3.8) is 0 Å². The summed E-state index contributed by atoms with van der Waals surface area (Å²) in [7, 11) is 0. The Labute approximate surface area is 189 Å². The molecule has 0 aliphatic heterocycles. The van der Waals surface area contributed by atoms with Gasteiger partial charge in [-0.25, -0.2) is 0 Å². The van der Waals surface area contributed by atoms with E-state index in [4.69, 9.17) is 0 Å². The molecule has 4 rings (SSSR count). The number of rotatable bonds is 5. The van der Waals surface area contributed by atoms with Crippen molar-refractivity contribution in [1.29, 1.82) is 0 Å². The van der Waals surface area contributed by atoms with Gasteiger partial charge in [0.15, 0.2) is 0 Å². The van der Waals surface area contributed by atoms with E-state index in [1.54, 1.807) is 0 Å². The number of aliphatic hydroxyl groups excluding tert-OH is 2. The third-order valence-electron chi connectivity index (χ3n) is 10.8. The fourth-order valence-corrected chi connectivity index (χ4v) is 9.28.